The Balaban J connectivity index is 2.00. The number of carbonyl (C=O) groups excluding carboxylic acids is 1. The van der Waals surface area contributed by atoms with Crippen LogP contribution >= 0.6 is 11.8 Å². The quantitative estimate of drug-likeness (QED) is 0.425. The molecular formula is C17H24N2O4S. The van der Waals surface area contributed by atoms with Crippen LogP contribution in [-0.4, -0.2) is 62.1 Å². The summed E-state index contributed by atoms with van der Waals surface area (Å²) in [5.74, 6) is 0.829. The number of fused-ring (bicyclic) bond motifs is 1. The van der Waals surface area contributed by atoms with Crippen LogP contribution in [0.25, 0.3) is 10.9 Å². The highest BCUT2D eigenvalue weighted by Gasteiger charge is 2.13. The molecular weight excluding hydrogens is 328 g/mol. The van der Waals surface area contributed by atoms with E-state index in [1.165, 1.54) is 0 Å². The van der Waals surface area contributed by atoms with E-state index in [0.717, 1.165) is 41.2 Å². The van der Waals surface area contributed by atoms with Crippen LogP contribution in [0, 0.1) is 0 Å². The highest BCUT2D eigenvalue weighted by Crippen LogP contribution is 2.30. The lowest BCUT2D eigenvalue weighted by atomic mass is 10.1. The Hall–Kier alpha value is -1.54. The summed E-state index contributed by atoms with van der Waals surface area (Å²) in [5.41, 5.74) is 2.11. The average Bonchev–Trinajstić information content (AvgIpc) is 2.97. The zero-order valence-electron chi connectivity index (χ0n) is 14.3. The molecule has 0 aliphatic rings. The van der Waals surface area contributed by atoms with Crippen LogP contribution in [0.5, 0.6) is 5.75 Å². The van der Waals surface area contributed by atoms with E-state index in [1.807, 2.05) is 38.5 Å². The van der Waals surface area contributed by atoms with Crippen molar-refractivity contribution in [2.24, 2.45) is 0 Å². The molecule has 1 aromatic carbocycles. The largest absolute Gasteiger partial charge is 0.418 e. The van der Waals surface area contributed by atoms with Crippen molar-refractivity contribution in [3.05, 3.63) is 30.0 Å². The summed E-state index contributed by atoms with van der Waals surface area (Å²) in [6.45, 7) is 1.89. The van der Waals surface area contributed by atoms with E-state index in [2.05, 4.69) is 9.88 Å². The zero-order valence-corrected chi connectivity index (χ0v) is 15.1. The second-order valence-electron chi connectivity index (χ2n) is 5.56. The van der Waals surface area contributed by atoms with Gasteiger partial charge in [0.2, 0.25) is 0 Å². The van der Waals surface area contributed by atoms with Crippen molar-refractivity contribution < 1.29 is 19.0 Å². The molecule has 0 aliphatic heterocycles. The number of carbonyl (C=O) groups is 1. The highest BCUT2D eigenvalue weighted by molar-refractivity contribution is 8.13. The predicted molar refractivity (Wildman–Crippen MR) is 96.9 cm³/mol. The van der Waals surface area contributed by atoms with Crippen LogP contribution in [0.15, 0.2) is 24.4 Å². The summed E-state index contributed by atoms with van der Waals surface area (Å²) in [5, 5.41) is 0.591. The van der Waals surface area contributed by atoms with E-state index in [-0.39, 0.29) is 11.2 Å². The number of hydrogen-bond acceptors (Lipinski definition) is 6. The molecule has 0 fully saturated rings. The summed E-state index contributed by atoms with van der Waals surface area (Å²) >= 11 is 1.000. The van der Waals surface area contributed by atoms with Gasteiger partial charge in [-0.05, 0) is 50.0 Å². The van der Waals surface area contributed by atoms with Crippen molar-refractivity contribution >= 4 is 28.0 Å². The van der Waals surface area contributed by atoms with Crippen LogP contribution in [-0.2, 0) is 15.9 Å². The third kappa shape index (κ3) is 5.52. The van der Waals surface area contributed by atoms with Gasteiger partial charge in [-0.1, -0.05) is 6.07 Å². The maximum absolute atomic E-state index is 12.0. The molecule has 2 aromatic rings. The van der Waals surface area contributed by atoms with Gasteiger partial charge in [-0.25, -0.2) is 4.79 Å². The number of benzene rings is 1. The van der Waals surface area contributed by atoms with Gasteiger partial charge in [-0.2, -0.15) is 0 Å². The number of hydrogen-bond donors (Lipinski definition) is 1. The normalized spacial score (nSPS) is 11.3. The molecule has 7 heteroatoms. The van der Waals surface area contributed by atoms with Crippen molar-refractivity contribution in [2.75, 3.05) is 46.9 Å². The number of thioether (sulfide) groups is 1. The molecule has 2 rings (SSSR count). The monoisotopic (exact) mass is 352 g/mol. The molecule has 1 N–H and O–H groups in total. The Morgan fingerprint density at radius 2 is 2.12 bits per heavy atom. The Kier molecular flexibility index (Phi) is 7.58. The minimum atomic E-state index is -0.375. The summed E-state index contributed by atoms with van der Waals surface area (Å²) in [6, 6.07) is 5.67. The van der Waals surface area contributed by atoms with Crippen LogP contribution in [0.3, 0.4) is 0 Å². The Labute approximate surface area is 146 Å². The first kappa shape index (κ1) is 18.8. The molecule has 6 nitrogen and oxygen atoms in total. The van der Waals surface area contributed by atoms with Gasteiger partial charge in [-0.15, -0.1) is 0 Å². The van der Waals surface area contributed by atoms with Crippen molar-refractivity contribution in [3.63, 3.8) is 0 Å². The fourth-order valence-corrected chi connectivity index (χ4v) is 2.70. The van der Waals surface area contributed by atoms with Crippen LogP contribution in [0.4, 0.5) is 4.79 Å². The molecule has 0 spiro atoms. The van der Waals surface area contributed by atoms with Gasteiger partial charge < -0.3 is 24.1 Å². The number of rotatable bonds is 9. The van der Waals surface area contributed by atoms with Crippen molar-refractivity contribution in [1.29, 1.82) is 0 Å². The Morgan fingerprint density at radius 3 is 2.88 bits per heavy atom. The summed E-state index contributed by atoms with van der Waals surface area (Å²) in [4.78, 5) is 17.4. The molecule has 24 heavy (non-hydrogen) atoms. The lowest BCUT2D eigenvalue weighted by molar-refractivity contribution is 0.0953. The lowest BCUT2D eigenvalue weighted by Crippen LogP contribution is -2.15. The fraction of sp³-hybridized carbons (Fsp3) is 0.471. The smallest absolute Gasteiger partial charge is 0.374 e. The number of aromatic amines is 1. The maximum Gasteiger partial charge on any atom is 0.374 e. The second kappa shape index (κ2) is 9.68. The molecule has 132 valence electrons. The van der Waals surface area contributed by atoms with Gasteiger partial charge in [0.15, 0.2) is 0 Å². The van der Waals surface area contributed by atoms with Crippen LogP contribution in [0.1, 0.15) is 5.56 Å². The topological polar surface area (TPSA) is 63.8 Å². The molecule has 0 unspecified atom stereocenters. The van der Waals surface area contributed by atoms with Gasteiger partial charge in [0.05, 0.1) is 13.2 Å². The minimum Gasteiger partial charge on any atom is -0.418 e. The van der Waals surface area contributed by atoms with Gasteiger partial charge in [0.1, 0.15) is 11.7 Å². The molecule has 0 amide bonds. The van der Waals surface area contributed by atoms with Gasteiger partial charge in [0.25, 0.3) is 0 Å². The Bertz CT molecular complexity index is 657. The number of nitrogens with one attached hydrogen (secondary N) is 1. The number of ether oxygens (including phenoxy) is 3. The molecule has 0 atom stereocenters. The fourth-order valence-electron chi connectivity index (χ4n) is 2.26. The average molecular weight is 352 g/mol. The number of aromatic nitrogens is 1. The number of H-pyrrole nitrogens is 1. The van der Waals surface area contributed by atoms with Crippen LogP contribution < -0.4 is 4.74 Å². The lowest BCUT2D eigenvalue weighted by Gasteiger charge is -2.10. The van der Waals surface area contributed by atoms with E-state index in [4.69, 9.17) is 14.2 Å². The standard InChI is InChI=1S/C17H24N2O4S/c1-19(2)8-7-13-11-18-14-5-4-6-15(16(13)14)23-17(20)24-12-22-10-9-21-3/h4-6,11,18H,7-10,12H2,1-3H3. The first-order valence-corrected chi connectivity index (χ1v) is 8.75. The molecule has 1 heterocycles. The molecule has 0 saturated heterocycles. The van der Waals surface area contributed by atoms with E-state index >= 15 is 0 Å². The Morgan fingerprint density at radius 1 is 1.29 bits per heavy atom. The van der Waals surface area contributed by atoms with E-state index in [0.29, 0.717) is 19.0 Å². The summed E-state index contributed by atoms with van der Waals surface area (Å²) in [6.07, 6.45) is 2.86. The van der Waals surface area contributed by atoms with Gasteiger partial charge in [-0.3, -0.25) is 0 Å². The van der Waals surface area contributed by atoms with Crippen molar-refractivity contribution in [1.82, 2.24) is 9.88 Å². The number of likely N-dealkylation sites (N-methyl/N-ethyl adjacent to an activating group) is 1. The van der Waals surface area contributed by atoms with Crippen molar-refractivity contribution in [3.8, 4) is 5.75 Å². The number of nitrogens with zero attached hydrogens (tertiary/aromatic N) is 1. The third-order valence-electron chi connectivity index (χ3n) is 3.46. The zero-order chi connectivity index (χ0) is 17.4. The first-order valence-electron chi connectivity index (χ1n) is 7.77. The van der Waals surface area contributed by atoms with E-state index < -0.39 is 0 Å². The van der Waals surface area contributed by atoms with Gasteiger partial charge >= 0.3 is 5.30 Å². The molecule has 0 saturated carbocycles. The third-order valence-corrected chi connectivity index (χ3v) is 4.07. The highest BCUT2D eigenvalue weighted by atomic mass is 32.2. The maximum atomic E-state index is 12.0. The van der Waals surface area contributed by atoms with E-state index in [1.54, 1.807) is 7.11 Å². The summed E-state index contributed by atoms with van der Waals surface area (Å²) < 4.78 is 15.7. The first-order chi connectivity index (χ1) is 11.6. The summed E-state index contributed by atoms with van der Waals surface area (Å²) in [7, 11) is 5.68. The van der Waals surface area contributed by atoms with Crippen LogP contribution in [0.2, 0.25) is 0 Å². The van der Waals surface area contributed by atoms with Gasteiger partial charge in [0, 0.05) is 30.8 Å². The van der Waals surface area contributed by atoms with Crippen molar-refractivity contribution in [2.45, 2.75) is 6.42 Å². The molecule has 1 aromatic heterocycles. The minimum absolute atomic E-state index is 0.249. The molecule has 0 radical (unpaired) electrons. The predicted octanol–water partition coefficient (Wildman–Crippen LogP) is 3.12. The molecule has 0 bridgehead atoms. The SMILES string of the molecule is COCCOCSC(=O)Oc1cccc2[nH]cc(CCN(C)C)c12. The number of methoxy groups -OCH3 is 1. The van der Waals surface area contributed by atoms with E-state index in [9.17, 15) is 4.79 Å². The second-order valence-corrected chi connectivity index (χ2v) is 6.42. The molecule has 0 aliphatic carbocycles.